The number of phenolic OH excluding ortho intramolecular Hbond substituents is 1. The number of nitrogens with zero attached hydrogens (tertiary/aromatic N) is 3. The highest BCUT2D eigenvalue weighted by Gasteiger charge is 2.21. The Morgan fingerprint density at radius 2 is 2.13 bits per heavy atom. The van der Waals surface area contributed by atoms with Crippen LogP contribution in [-0.2, 0) is 0 Å². The number of rotatable bonds is 2. The highest BCUT2D eigenvalue weighted by Crippen LogP contribution is 2.39. The van der Waals surface area contributed by atoms with Crippen LogP contribution in [0.4, 0.5) is 5.69 Å². The van der Waals surface area contributed by atoms with Crippen molar-refractivity contribution in [2.24, 2.45) is 10.7 Å². The van der Waals surface area contributed by atoms with Crippen LogP contribution in [-0.4, -0.2) is 16.8 Å². The molecular formula is C17H12N4O2. The van der Waals surface area contributed by atoms with Gasteiger partial charge in [-0.1, -0.05) is 18.2 Å². The van der Waals surface area contributed by atoms with Gasteiger partial charge in [0.05, 0.1) is 23.8 Å². The maximum absolute atomic E-state index is 12.3. The quantitative estimate of drug-likeness (QED) is 0.505. The standard InChI is InChI=1S/C17H12N4O2/c1-10(19)21-17(23)16-14(22)7-6-13(20-2)15(16)12-5-3-4-11(8-12)9-18/h3-8,22H,1H3,(H2,19,21,23). The minimum absolute atomic E-state index is 0.0411. The summed E-state index contributed by atoms with van der Waals surface area (Å²) in [6, 6.07) is 11.1. The maximum atomic E-state index is 12.3. The molecule has 0 aromatic heterocycles. The predicted octanol–water partition coefficient (Wildman–Crippen LogP) is 3.00. The third kappa shape index (κ3) is 3.17. The Balaban J connectivity index is 2.82. The van der Waals surface area contributed by atoms with Gasteiger partial charge < -0.3 is 10.8 Å². The number of amidine groups is 1. The van der Waals surface area contributed by atoms with E-state index in [1.807, 2.05) is 6.07 Å². The third-order valence-electron chi connectivity index (χ3n) is 3.05. The number of aromatic hydroxyl groups is 1. The Bertz CT molecular complexity index is 898. The van der Waals surface area contributed by atoms with E-state index in [0.29, 0.717) is 11.1 Å². The first-order valence-electron chi connectivity index (χ1n) is 6.57. The molecule has 2 aromatic carbocycles. The number of carbonyl (C=O) groups is 1. The van der Waals surface area contributed by atoms with E-state index in [0.717, 1.165) is 0 Å². The second-order valence-electron chi connectivity index (χ2n) is 4.72. The van der Waals surface area contributed by atoms with E-state index in [2.05, 4.69) is 9.84 Å². The number of nitriles is 1. The fraction of sp³-hybridized carbons (Fsp3) is 0.0588. The molecule has 0 bridgehead atoms. The molecule has 0 atom stereocenters. The largest absolute Gasteiger partial charge is 0.507 e. The molecule has 0 saturated carbocycles. The van der Waals surface area contributed by atoms with Crippen molar-refractivity contribution in [1.82, 2.24) is 0 Å². The Kier molecular flexibility index (Phi) is 4.39. The number of nitrogens with two attached hydrogens (primary N) is 1. The van der Waals surface area contributed by atoms with Crippen molar-refractivity contribution < 1.29 is 9.90 Å². The monoisotopic (exact) mass is 304 g/mol. The van der Waals surface area contributed by atoms with Gasteiger partial charge in [-0.15, -0.1) is 0 Å². The first-order chi connectivity index (χ1) is 11.0. The van der Waals surface area contributed by atoms with Crippen molar-refractivity contribution in [2.45, 2.75) is 6.92 Å². The van der Waals surface area contributed by atoms with Gasteiger partial charge in [0, 0.05) is 5.56 Å². The van der Waals surface area contributed by atoms with E-state index in [1.54, 1.807) is 24.3 Å². The number of hydrogen-bond donors (Lipinski definition) is 2. The summed E-state index contributed by atoms with van der Waals surface area (Å²) in [4.78, 5) is 19.3. The Labute approximate surface area is 132 Å². The second-order valence-corrected chi connectivity index (χ2v) is 4.72. The van der Waals surface area contributed by atoms with E-state index in [-0.39, 0.29) is 28.4 Å². The normalized spacial score (nSPS) is 10.7. The van der Waals surface area contributed by atoms with Crippen LogP contribution in [0.2, 0.25) is 0 Å². The summed E-state index contributed by atoms with van der Waals surface area (Å²) in [5.74, 6) is -1.01. The van der Waals surface area contributed by atoms with Crippen LogP contribution in [0.3, 0.4) is 0 Å². The van der Waals surface area contributed by atoms with Crippen molar-refractivity contribution in [2.75, 3.05) is 0 Å². The van der Waals surface area contributed by atoms with Crippen LogP contribution in [0.25, 0.3) is 16.0 Å². The number of hydrogen-bond acceptors (Lipinski definition) is 3. The molecule has 0 aliphatic carbocycles. The van der Waals surface area contributed by atoms with Gasteiger partial charge in [0.15, 0.2) is 5.69 Å². The minimum atomic E-state index is -0.745. The van der Waals surface area contributed by atoms with Gasteiger partial charge in [0.1, 0.15) is 11.6 Å². The molecule has 0 radical (unpaired) electrons. The molecule has 112 valence electrons. The van der Waals surface area contributed by atoms with Crippen molar-refractivity contribution in [1.29, 1.82) is 5.26 Å². The first kappa shape index (κ1) is 15.7. The molecule has 0 spiro atoms. The SMILES string of the molecule is [C-]#[N+]c1ccc(O)c(C(=O)N=C(C)N)c1-c1cccc(C#N)c1. The van der Waals surface area contributed by atoms with Crippen molar-refractivity contribution in [3.8, 4) is 22.9 Å². The molecule has 6 heteroatoms. The summed E-state index contributed by atoms with van der Waals surface area (Å²) >= 11 is 0. The first-order valence-corrected chi connectivity index (χ1v) is 6.57. The van der Waals surface area contributed by atoms with Crippen molar-refractivity contribution in [3.63, 3.8) is 0 Å². The zero-order valence-corrected chi connectivity index (χ0v) is 12.2. The smallest absolute Gasteiger partial charge is 0.281 e. The summed E-state index contributed by atoms with van der Waals surface area (Å²) < 4.78 is 0. The van der Waals surface area contributed by atoms with Crippen LogP contribution in [0.15, 0.2) is 41.4 Å². The van der Waals surface area contributed by atoms with Gasteiger partial charge in [0.2, 0.25) is 0 Å². The molecule has 1 amide bonds. The highest BCUT2D eigenvalue weighted by molar-refractivity contribution is 6.10. The van der Waals surface area contributed by atoms with E-state index in [9.17, 15) is 9.90 Å². The van der Waals surface area contributed by atoms with E-state index in [4.69, 9.17) is 17.6 Å². The predicted molar refractivity (Wildman–Crippen MR) is 86.1 cm³/mol. The van der Waals surface area contributed by atoms with Crippen LogP contribution >= 0.6 is 0 Å². The lowest BCUT2D eigenvalue weighted by Crippen LogP contribution is -2.10. The van der Waals surface area contributed by atoms with Gasteiger partial charge in [-0.25, -0.2) is 4.85 Å². The number of phenols is 1. The average molecular weight is 304 g/mol. The Morgan fingerprint density at radius 1 is 1.39 bits per heavy atom. The molecular weight excluding hydrogens is 292 g/mol. The van der Waals surface area contributed by atoms with Crippen LogP contribution in [0, 0.1) is 17.9 Å². The van der Waals surface area contributed by atoms with Gasteiger partial charge in [-0.2, -0.15) is 10.3 Å². The van der Waals surface area contributed by atoms with Crippen molar-refractivity contribution in [3.05, 3.63) is 58.9 Å². The molecule has 2 aromatic rings. The van der Waals surface area contributed by atoms with Gasteiger partial charge in [-0.05, 0) is 30.7 Å². The zero-order chi connectivity index (χ0) is 17.0. The van der Waals surface area contributed by atoms with E-state index < -0.39 is 5.91 Å². The Hall–Kier alpha value is -3.64. The topological polar surface area (TPSA) is 104 Å². The molecule has 3 N–H and O–H groups in total. The molecule has 0 fully saturated rings. The van der Waals surface area contributed by atoms with Crippen LogP contribution in [0.1, 0.15) is 22.8 Å². The average Bonchev–Trinajstić information content (AvgIpc) is 2.53. The lowest BCUT2D eigenvalue weighted by Gasteiger charge is -2.12. The number of carbonyl (C=O) groups excluding carboxylic acids is 1. The minimum Gasteiger partial charge on any atom is -0.507 e. The number of benzene rings is 2. The number of amides is 1. The number of aliphatic imine (C=N–C) groups is 1. The van der Waals surface area contributed by atoms with Crippen molar-refractivity contribution >= 4 is 17.4 Å². The lowest BCUT2D eigenvalue weighted by molar-refractivity contribution is 0.100. The molecule has 0 heterocycles. The molecule has 0 saturated heterocycles. The van der Waals surface area contributed by atoms with Gasteiger partial charge in [-0.3, -0.25) is 4.79 Å². The molecule has 2 rings (SSSR count). The summed E-state index contributed by atoms with van der Waals surface area (Å²) in [7, 11) is 0. The molecule has 6 nitrogen and oxygen atoms in total. The van der Waals surface area contributed by atoms with Gasteiger partial charge in [0.25, 0.3) is 5.91 Å². The van der Waals surface area contributed by atoms with E-state index >= 15 is 0 Å². The van der Waals surface area contributed by atoms with E-state index in [1.165, 1.54) is 19.1 Å². The maximum Gasteiger partial charge on any atom is 0.281 e. The summed E-state index contributed by atoms with van der Waals surface area (Å²) in [6.07, 6.45) is 0. The summed E-state index contributed by atoms with van der Waals surface area (Å²) in [5.41, 5.74) is 6.56. The third-order valence-corrected chi connectivity index (χ3v) is 3.05. The summed E-state index contributed by atoms with van der Waals surface area (Å²) in [6.45, 7) is 8.74. The van der Waals surface area contributed by atoms with Gasteiger partial charge >= 0.3 is 0 Å². The van der Waals surface area contributed by atoms with Crippen LogP contribution < -0.4 is 5.73 Å². The molecule has 23 heavy (non-hydrogen) atoms. The molecule has 0 unspecified atom stereocenters. The second kappa shape index (κ2) is 6.42. The fourth-order valence-corrected chi connectivity index (χ4v) is 2.14. The lowest BCUT2D eigenvalue weighted by atomic mass is 9.95. The molecule has 0 aliphatic heterocycles. The van der Waals surface area contributed by atoms with Crippen LogP contribution in [0.5, 0.6) is 5.75 Å². The summed E-state index contributed by atoms with van der Waals surface area (Å²) in [5, 5.41) is 19.1. The zero-order valence-electron chi connectivity index (χ0n) is 12.2. The Morgan fingerprint density at radius 3 is 2.74 bits per heavy atom. The highest BCUT2D eigenvalue weighted by atomic mass is 16.3. The molecule has 0 aliphatic rings. The fourth-order valence-electron chi connectivity index (χ4n) is 2.14.